The minimum atomic E-state index is -0.184. The van der Waals surface area contributed by atoms with Gasteiger partial charge in [0.25, 0.3) is 0 Å². The molecule has 0 fully saturated rings. The Hall–Kier alpha value is -0.140. The van der Waals surface area contributed by atoms with Crippen molar-refractivity contribution in [3.63, 3.8) is 0 Å². The van der Waals surface area contributed by atoms with Gasteiger partial charge in [-0.1, -0.05) is 0 Å². The molecular weight excluding hydrogens is 313 g/mol. The molecule has 3 nitrogen and oxygen atoms in total. The fourth-order valence-corrected chi connectivity index (χ4v) is 3.76. The highest BCUT2D eigenvalue weighted by Gasteiger charge is 2.24. The van der Waals surface area contributed by atoms with Crippen LogP contribution in [-0.2, 0) is 17.8 Å². The highest BCUT2D eigenvalue weighted by atomic mass is 127. The molecule has 0 bridgehead atoms. The van der Waals surface area contributed by atoms with E-state index in [4.69, 9.17) is 4.74 Å². The first-order chi connectivity index (χ1) is 6.74. The second-order valence-electron chi connectivity index (χ2n) is 2.97. The van der Waals surface area contributed by atoms with Gasteiger partial charge in [0, 0.05) is 21.5 Å². The highest BCUT2D eigenvalue weighted by molar-refractivity contribution is 14.1. The second kappa shape index (κ2) is 4.16. The smallest absolute Gasteiger partial charge is 0.349 e. The van der Waals surface area contributed by atoms with Gasteiger partial charge in [0.05, 0.1) is 6.61 Å². The van der Waals surface area contributed by atoms with Crippen LogP contribution in [0.25, 0.3) is 0 Å². The van der Waals surface area contributed by atoms with E-state index in [9.17, 15) is 4.79 Å². The Labute approximate surface area is 100.0 Å². The van der Waals surface area contributed by atoms with Crippen LogP contribution in [0.1, 0.15) is 27.0 Å². The number of nitrogens with one attached hydrogen (secondary N) is 1. The lowest BCUT2D eigenvalue weighted by Gasteiger charge is -2.00. The number of carbonyl (C=O) groups excluding carboxylic acids is 1. The molecule has 0 atom stereocenters. The van der Waals surface area contributed by atoms with Crippen molar-refractivity contribution in [2.45, 2.75) is 20.0 Å². The predicted molar refractivity (Wildman–Crippen MR) is 63.5 cm³/mol. The maximum Gasteiger partial charge on any atom is 0.349 e. The largest absolute Gasteiger partial charge is 0.462 e. The highest BCUT2D eigenvalue weighted by Crippen LogP contribution is 2.33. The summed E-state index contributed by atoms with van der Waals surface area (Å²) in [5, 5.41) is 3.26. The first-order valence-corrected chi connectivity index (χ1v) is 6.31. The van der Waals surface area contributed by atoms with E-state index < -0.39 is 0 Å². The topological polar surface area (TPSA) is 38.3 Å². The summed E-state index contributed by atoms with van der Waals surface area (Å²) < 4.78 is 6.05. The van der Waals surface area contributed by atoms with Crippen LogP contribution >= 0.6 is 33.9 Å². The summed E-state index contributed by atoms with van der Waals surface area (Å²) in [6.07, 6.45) is 0. The number of carbonyl (C=O) groups is 1. The van der Waals surface area contributed by atoms with E-state index in [1.165, 1.54) is 10.4 Å². The number of hydrogen-bond donors (Lipinski definition) is 1. The summed E-state index contributed by atoms with van der Waals surface area (Å²) in [7, 11) is 0. The Morgan fingerprint density at radius 3 is 3.07 bits per heavy atom. The molecule has 1 aliphatic rings. The standard InChI is InChI=1S/C9H10INO2S/c1-2-13-9(12)8-7(10)5-3-11-4-6(5)14-8/h11H,2-4H2,1H3. The molecule has 2 rings (SSSR count). The molecule has 14 heavy (non-hydrogen) atoms. The lowest BCUT2D eigenvalue weighted by molar-refractivity contribution is 0.0531. The summed E-state index contributed by atoms with van der Waals surface area (Å²) in [5.74, 6) is -0.184. The third kappa shape index (κ3) is 1.68. The van der Waals surface area contributed by atoms with Gasteiger partial charge < -0.3 is 10.1 Å². The molecule has 76 valence electrons. The molecule has 0 saturated heterocycles. The van der Waals surface area contributed by atoms with Crippen LogP contribution in [0.2, 0.25) is 0 Å². The van der Waals surface area contributed by atoms with Crippen LogP contribution < -0.4 is 5.32 Å². The number of ether oxygens (including phenoxy) is 1. The van der Waals surface area contributed by atoms with Crippen molar-refractivity contribution in [1.82, 2.24) is 5.32 Å². The van der Waals surface area contributed by atoms with Gasteiger partial charge in [0.2, 0.25) is 0 Å². The summed E-state index contributed by atoms with van der Waals surface area (Å²) >= 11 is 3.78. The lowest BCUT2D eigenvalue weighted by atomic mass is 10.3. The predicted octanol–water partition coefficient (Wildman–Crippen LogP) is 2.13. The van der Waals surface area contributed by atoms with Gasteiger partial charge in [-0.25, -0.2) is 4.79 Å². The monoisotopic (exact) mass is 323 g/mol. The molecule has 1 aromatic rings. The van der Waals surface area contributed by atoms with Crippen molar-refractivity contribution >= 4 is 39.9 Å². The number of esters is 1. The SMILES string of the molecule is CCOC(=O)c1sc2c(c1I)CNC2. The van der Waals surface area contributed by atoms with E-state index in [1.54, 1.807) is 11.3 Å². The van der Waals surface area contributed by atoms with Crippen LogP contribution in [0, 0.1) is 3.57 Å². The fourth-order valence-electron chi connectivity index (χ4n) is 1.44. The van der Waals surface area contributed by atoms with Crippen LogP contribution in [0.3, 0.4) is 0 Å². The molecule has 0 radical (unpaired) electrons. The maximum atomic E-state index is 11.5. The van der Waals surface area contributed by atoms with Crippen LogP contribution in [-0.4, -0.2) is 12.6 Å². The van der Waals surface area contributed by atoms with E-state index in [1.807, 2.05) is 6.92 Å². The maximum absolute atomic E-state index is 11.5. The van der Waals surface area contributed by atoms with Gasteiger partial charge in [-0.2, -0.15) is 0 Å². The minimum Gasteiger partial charge on any atom is -0.462 e. The molecule has 0 amide bonds. The van der Waals surface area contributed by atoms with Crippen molar-refractivity contribution in [2.75, 3.05) is 6.61 Å². The van der Waals surface area contributed by atoms with Crippen LogP contribution in [0.4, 0.5) is 0 Å². The Bertz CT molecular complexity index is 375. The average Bonchev–Trinajstić information content (AvgIpc) is 2.69. The van der Waals surface area contributed by atoms with E-state index in [2.05, 4.69) is 27.9 Å². The van der Waals surface area contributed by atoms with Crippen molar-refractivity contribution in [3.8, 4) is 0 Å². The van der Waals surface area contributed by atoms with Crippen LogP contribution in [0.15, 0.2) is 0 Å². The Balaban J connectivity index is 2.32. The van der Waals surface area contributed by atoms with Crippen molar-refractivity contribution in [2.24, 2.45) is 0 Å². The molecule has 2 heterocycles. The second-order valence-corrected chi connectivity index (χ2v) is 5.15. The number of thiophene rings is 1. The minimum absolute atomic E-state index is 0.184. The summed E-state index contributed by atoms with van der Waals surface area (Å²) in [4.78, 5) is 13.6. The van der Waals surface area contributed by atoms with E-state index in [0.717, 1.165) is 21.5 Å². The first-order valence-electron chi connectivity index (χ1n) is 4.42. The molecule has 0 saturated carbocycles. The van der Waals surface area contributed by atoms with Gasteiger partial charge in [-0.05, 0) is 35.1 Å². The molecule has 1 aromatic heterocycles. The van der Waals surface area contributed by atoms with Crippen LogP contribution in [0.5, 0.6) is 0 Å². The van der Waals surface area contributed by atoms with Crippen molar-refractivity contribution < 1.29 is 9.53 Å². The zero-order valence-corrected chi connectivity index (χ0v) is 10.7. The molecule has 1 aliphatic heterocycles. The molecule has 1 N–H and O–H groups in total. The normalized spacial score (nSPS) is 14.1. The third-order valence-electron chi connectivity index (χ3n) is 2.07. The molecule has 0 unspecified atom stereocenters. The Kier molecular flexibility index (Phi) is 3.08. The number of fused-ring (bicyclic) bond motifs is 1. The summed E-state index contributed by atoms with van der Waals surface area (Å²) in [6, 6.07) is 0. The lowest BCUT2D eigenvalue weighted by Crippen LogP contribution is -2.06. The average molecular weight is 323 g/mol. The molecular formula is C9H10INO2S. The van der Waals surface area contributed by atoms with E-state index >= 15 is 0 Å². The fraction of sp³-hybridized carbons (Fsp3) is 0.444. The first kappa shape index (κ1) is 10.4. The molecule has 0 aliphatic carbocycles. The van der Waals surface area contributed by atoms with E-state index in [0.29, 0.717) is 6.61 Å². The number of rotatable bonds is 2. The third-order valence-corrected chi connectivity index (χ3v) is 4.84. The molecule has 5 heteroatoms. The molecule has 0 aromatic carbocycles. The number of hydrogen-bond acceptors (Lipinski definition) is 4. The van der Waals surface area contributed by atoms with Gasteiger partial charge in [-0.15, -0.1) is 11.3 Å². The Morgan fingerprint density at radius 1 is 1.64 bits per heavy atom. The van der Waals surface area contributed by atoms with Gasteiger partial charge in [0.15, 0.2) is 0 Å². The van der Waals surface area contributed by atoms with Gasteiger partial charge in [0.1, 0.15) is 4.88 Å². The van der Waals surface area contributed by atoms with Crippen molar-refractivity contribution in [3.05, 3.63) is 18.9 Å². The Morgan fingerprint density at radius 2 is 2.43 bits per heavy atom. The summed E-state index contributed by atoms with van der Waals surface area (Å²) in [6.45, 7) is 4.03. The van der Waals surface area contributed by atoms with Crippen molar-refractivity contribution in [1.29, 1.82) is 0 Å². The number of halogens is 1. The zero-order chi connectivity index (χ0) is 10.1. The quantitative estimate of drug-likeness (QED) is 0.669. The zero-order valence-electron chi connectivity index (χ0n) is 7.72. The van der Waals surface area contributed by atoms with E-state index in [-0.39, 0.29) is 5.97 Å². The van der Waals surface area contributed by atoms with Gasteiger partial charge in [-0.3, -0.25) is 0 Å². The molecule has 0 spiro atoms. The van der Waals surface area contributed by atoms with Gasteiger partial charge >= 0.3 is 5.97 Å². The summed E-state index contributed by atoms with van der Waals surface area (Å²) in [5.41, 5.74) is 1.28.